The van der Waals surface area contributed by atoms with Crippen molar-refractivity contribution in [2.24, 2.45) is 0 Å². The van der Waals surface area contributed by atoms with E-state index in [1.807, 2.05) is 12.4 Å². The molecule has 1 atom stereocenters. The lowest BCUT2D eigenvalue weighted by Crippen LogP contribution is -2.33. The van der Waals surface area contributed by atoms with Crippen molar-refractivity contribution in [2.45, 2.75) is 51.2 Å². The lowest BCUT2D eigenvalue weighted by Gasteiger charge is -2.15. The van der Waals surface area contributed by atoms with E-state index in [9.17, 15) is 5.11 Å². The third-order valence-electron chi connectivity index (χ3n) is 3.50. The molecule has 0 radical (unpaired) electrons. The molecule has 2 N–H and O–H groups in total. The van der Waals surface area contributed by atoms with Crippen LogP contribution in [0, 0.1) is 6.92 Å². The van der Waals surface area contributed by atoms with E-state index in [4.69, 9.17) is 9.57 Å². The molecule has 5 nitrogen and oxygen atoms in total. The predicted molar refractivity (Wildman–Crippen MR) is 78.7 cm³/mol. The van der Waals surface area contributed by atoms with E-state index in [0.717, 1.165) is 25.0 Å². The molecule has 1 aliphatic carbocycles. The van der Waals surface area contributed by atoms with Crippen molar-refractivity contribution in [1.82, 2.24) is 10.5 Å². The van der Waals surface area contributed by atoms with E-state index >= 15 is 0 Å². The SMILES string of the molecule is Cc1ncsc1CCOCC(O)CNOC1CCCC1. The predicted octanol–water partition coefficient (Wildman–Crippen LogP) is 1.84. The summed E-state index contributed by atoms with van der Waals surface area (Å²) in [7, 11) is 0. The van der Waals surface area contributed by atoms with E-state index < -0.39 is 6.10 Å². The number of thiazole rings is 1. The largest absolute Gasteiger partial charge is 0.389 e. The van der Waals surface area contributed by atoms with Crippen LogP contribution in [0.1, 0.15) is 36.3 Å². The highest BCUT2D eigenvalue weighted by Gasteiger charge is 2.16. The Morgan fingerprint density at radius 1 is 1.50 bits per heavy atom. The fraction of sp³-hybridized carbons (Fsp3) is 0.786. The molecule has 0 aromatic carbocycles. The number of ether oxygens (including phenoxy) is 1. The third-order valence-corrected chi connectivity index (χ3v) is 4.49. The maximum atomic E-state index is 9.76. The zero-order chi connectivity index (χ0) is 14.2. The number of nitrogens with zero attached hydrogens (tertiary/aromatic N) is 1. The Kier molecular flexibility index (Phi) is 6.89. The third kappa shape index (κ3) is 5.46. The van der Waals surface area contributed by atoms with Crippen LogP contribution in [0.15, 0.2) is 5.51 Å². The lowest BCUT2D eigenvalue weighted by atomic mass is 10.3. The van der Waals surface area contributed by atoms with Gasteiger partial charge in [-0.05, 0) is 19.8 Å². The van der Waals surface area contributed by atoms with Gasteiger partial charge in [-0.3, -0.25) is 4.84 Å². The summed E-state index contributed by atoms with van der Waals surface area (Å²) in [4.78, 5) is 10.9. The van der Waals surface area contributed by atoms with Crippen LogP contribution in [-0.2, 0) is 16.0 Å². The van der Waals surface area contributed by atoms with Gasteiger partial charge < -0.3 is 9.84 Å². The normalized spacial score (nSPS) is 17.7. The van der Waals surface area contributed by atoms with Crippen molar-refractivity contribution in [3.63, 3.8) is 0 Å². The van der Waals surface area contributed by atoms with Gasteiger partial charge in [0.1, 0.15) is 0 Å². The summed E-state index contributed by atoms with van der Waals surface area (Å²) in [6, 6.07) is 0. The Labute approximate surface area is 124 Å². The molecule has 0 bridgehead atoms. The van der Waals surface area contributed by atoms with E-state index in [2.05, 4.69) is 10.5 Å². The fourth-order valence-corrected chi connectivity index (χ4v) is 3.04. The topological polar surface area (TPSA) is 63.6 Å². The lowest BCUT2D eigenvalue weighted by molar-refractivity contribution is -0.0494. The van der Waals surface area contributed by atoms with Crippen molar-refractivity contribution in [2.75, 3.05) is 19.8 Å². The van der Waals surface area contributed by atoms with Gasteiger partial charge in [0.25, 0.3) is 0 Å². The molecular weight excluding hydrogens is 276 g/mol. The molecule has 1 aliphatic rings. The van der Waals surface area contributed by atoms with E-state index in [1.54, 1.807) is 11.3 Å². The quantitative estimate of drug-likeness (QED) is 0.538. The fourth-order valence-electron chi connectivity index (χ4n) is 2.28. The summed E-state index contributed by atoms with van der Waals surface area (Å²) in [5, 5.41) is 9.76. The molecule has 0 aliphatic heterocycles. The summed E-state index contributed by atoms with van der Waals surface area (Å²) < 4.78 is 5.48. The highest BCUT2D eigenvalue weighted by atomic mass is 32.1. The first kappa shape index (κ1) is 15.9. The molecule has 114 valence electrons. The van der Waals surface area contributed by atoms with Crippen molar-refractivity contribution in [1.29, 1.82) is 0 Å². The van der Waals surface area contributed by atoms with Crippen LogP contribution >= 0.6 is 11.3 Å². The van der Waals surface area contributed by atoms with Gasteiger partial charge >= 0.3 is 0 Å². The van der Waals surface area contributed by atoms with Gasteiger partial charge in [-0.25, -0.2) is 4.98 Å². The van der Waals surface area contributed by atoms with Crippen molar-refractivity contribution in [3.05, 3.63) is 16.1 Å². The van der Waals surface area contributed by atoms with Crippen LogP contribution < -0.4 is 5.48 Å². The molecule has 1 unspecified atom stereocenters. The zero-order valence-corrected chi connectivity index (χ0v) is 12.8. The second-order valence-electron chi connectivity index (χ2n) is 5.21. The molecule has 1 aromatic heterocycles. The Hall–Kier alpha value is -0.530. The summed E-state index contributed by atoms with van der Waals surface area (Å²) in [5.74, 6) is 0. The first-order valence-corrected chi connectivity index (χ1v) is 8.17. The number of aliphatic hydroxyl groups is 1. The summed E-state index contributed by atoms with van der Waals surface area (Å²) in [6.07, 6.45) is 5.37. The number of rotatable bonds is 9. The highest BCUT2D eigenvalue weighted by molar-refractivity contribution is 7.09. The van der Waals surface area contributed by atoms with Crippen LogP contribution in [0.5, 0.6) is 0 Å². The van der Waals surface area contributed by atoms with Crippen LogP contribution in [0.4, 0.5) is 0 Å². The molecule has 1 aromatic rings. The number of nitrogens with one attached hydrogen (secondary N) is 1. The van der Waals surface area contributed by atoms with Gasteiger partial charge in [0.05, 0.1) is 36.6 Å². The van der Waals surface area contributed by atoms with Crippen molar-refractivity contribution in [3.8, 4) is 0 Å². The number of hydrogen-bond donors (Lipinski definition) is 2. The average molecular weight is 300 g/mol. The monoisotopic (exact) mass is 300 g/mol. The molecule has 2 rings (SSSR count). The second-order valence-corrected chi connectivity index (χ2v) is 6.15. The number of aliphatic hydroxyl groups excluding tert-OH is 1. The maximum Gasteiger partial charge on any atom is 0.0920 e. The molecule has 1 saturated carbocycles. The number of hydrogen-bond acceptors (Lipinski definition) is 6. The maximum absolute atomic E-state index is 9.76. The van der Waals surface area contributed by atoms with Gasteiger partial charge in [0, 0.05) is 17.8 Å². The van der Waals surface area contributed by atoms with Crippen LogP contribution in [0.3, 0.4) is 0 Å². The van der Waals surface area contributed by atoms with Crippen LogP contribution in [0.25, 0.3) is 0 Å². The van der Waals surface area contributed by atoms with Crippen LogP contribution in [0.2, 0.25) is 0 Å². The minimum absolute atomic E-state index is 0.317. The second kappa shape index (κ2) is 8.69. The molecule has 0 spiro atoms. The minimum Gasteiger partial charge on any atom is -0.389 e. The van der Waals surface area contributed by atoms with E-state index in [1.165, 1.54) is 17.7 Å². The van der Waals surface area contributed by atoms with Gasteiger partial charge in [-0.1, -0.05) is 12.8 Å². The Morgan fingerprint density at radius 2 is 2.30 bits per heavy atom. The summed E-state index contributed by atoms with van der Waals surface area (Å²) in [6.45, 7) is 3.36. The van der Waals surface area contributed by atoms with E-state index in [0.29, 0.717) is 25.9 Å². The van der Waals surface area contributed by atoms with Crippen LogP contribution in [-0.4, -0.2) is 42.1 Å². The van der Waals surface area contributed by atoms with Gasteiger partial charge in [-0.15, -0.1) is 11.3 Å². The van der Waals surface area contributed by atoms with E-state index in [-0.39, 0.29) is 0 Å². The van der Waals surface area contributed by atoms with Gasteiger partial charge in [0.2, 0.25) is 0 Å². The number of hydroxylamine groups is 1. The first-order valence-electron chi connectivity index (χ1n) is 7.29. The highest BCUT2D eigenvalue weighted by Crippen LogP contribution is 2.19. The molecule has 6 heteroatoms. The Balaban J connectivity index is 1.47. The minimum atomic E-state index is -0.529. The molecular formula is C14H24N2O3S. The zero-order valence-electron chi connectivity index (χ0n) is 12.0. The molecule has 1 heterocycles. The number of aromatic nitrogens is 1. The van der Waals surface area contributed by atoms with Crippen molar-refractivity contribution < 1.29 is 14.7 Å². The Morgan fingerprint density at radius 3 is 3.00 bits per heavy atom. The number of aryl methyl sites for hydroxylation is 1. The molecule has 20 heavy (non-hydrogen) atoms. The molecule has 0 saturated heterocycles. The summed E-state index contributed by atoms with van der Waals surface area (Å²) in [5.41, 5.74) is 5.78. The first-order chi connectivity index (χ1) is 9.75. The molecule has 0 amide bonds. The summed E-state index contributed by atoms with van der Waals surface area (Å²) >= 11 is 1.65. The standard InChI is InChI=1S/C14H24N2O3S/c1-11-14(20-10-15-11)6-7-18-9-12(17)8-16-19-13-4-2-3-5-13/h10,12-13,16-17H,2-9H2,1H3. The smallest absolute Gasteiger partial charge is 0.0920 e. The van der Waals surface area contributed by atoms with Gasteiger partial charge in [-0.2, -0.15) is 5.48 Å². The molecule has 1 fully saturated rings. The Bertz CT molecular complexity index is 380. The van der Waals surface area contributed by atoms with Crippen molar-refractivity contribution >= 4 is 11.3 Å². The average Bonchev–Trinajstić information content (AvgIpc) is 3.07. The van der Waals surface area contributed by atoms with Gasteiger partial charge in [0.15, 0.2) is 0 Å².